The number of phosphoric acid groups is 1. The second-order valence-electron chi connectivity index (χ2n) is 9.69. The normalized spacial score (nSPS) is 24.1. The fourth-order valence-electron chi connectivity index (χ4n) is 3.92. The molecule has 1 aliphatic heterocycles. The van der Waals surface area contributed by atoms with Gasteiger partial charge >= 0.3 is 20.1 Å². The molecule has 0 radical (unpaired) electrons. The lowest BCUT2D eigenvalue weighted by atomic mass is 9.82. The van der Waals surface area contributed by atoms with Crippen molar-refractivity contribution in [3.8, 4) is 6.07 Å². The van der Waals surface area contributed by atoms with Crippen molar-refractivity contribution >= 4 is 25.7 Å². The third-order valence-electron chi connectivity index (χ3n) is 5.92. The molecule has 0 saturated carbocycles. The van der Waals surface area contributed by atoms with Crippen LogP contribution in [0.2, 0.25) is 0 Å². The lowest BCUT2D eigenvalue weighted by Crippen LogP contribution is -2.48. The molecule has 1 fully saturated rings. The molecule has 42 heavy (non-hydrogen) atoms. The van der Waals surface area contributed by atoms with Crippen molar-refractivity contribution in [2.45, 2.75) is 77.2 Å². The zero-order chi connectivity index (χ0) is 31.3. The second-order valence-corrected chi connectivity index (χ2v) is 11.4. The molecule has 0 aromatic carbocycles. The first-order valence-electron chi connectivity index (χ1n) is 12.6. The highest BCUT2D eigenvalue weighted by Gasteiger charge is 2.67. The van der Waals surface area contributed by atoms with Gasteiger partial charge in [0.25, 0.3) is 0 Å². The Morgan fingerprint density at radius 3 is 2.24 bits per heavy atom. The van der Waals surface area contributed by atoms with Gasteiger partial charge in [-0.25, -0.2) is 37.1 Å². The summed E-state index contributed by atoms with van der Waals surface area (Å²) in [6.07, 6.45) is -5.76. The maximum atomic E-state index is 16.2. The summed E-state index contributed by atoms with van der Waals surface area (Å²) in [6, 6.07) is 4.76. The number of carbonyl (C=O) groups excluding carboxylic acids is 2. The number of aromatic nitrogens is 3. The summed E-state index contributed by atoms with van der Waals surface area (Å²) < 4.78 is 70.4. The number of aliphatic hydroxyl groups excluding tert-OH is 1. The molecule has 0 bridgehead atoms. The van der Waals surface area contributed by atoms with E-state index in [2.05, 4.69) is 19.6 Å². The standard InChI is InChI=1S/C24H32FN4O12P/c1-14(2)39-21(31)34-12-37-42(33,38-13-35-22(32)40-15(3)4)36-9-18-20(30)23(6,25)24(10-26,41-18)19-8-7-17-16(5)27-11-28-29(17)19/h7-8,11,14-15,18,20,30H,9,12-13H2,1-6H3/t18-,20-,23-,24+/m1/s1. The predicted octanol–water partition coefficient (Wildman–Crippen LogP) is 3.44. The van der Waals surface area contributed by atoms with Crippen molar-refractivity contribution in [3.05, 3.63) is 29.8 Å². The molecule has 2 aromatic rings. The van der Waals surface area contributed by atoms with Crippen LogP contribution < -0.4 is 0 Å². The van der Waals surface area contributed by atoms with Gasteiger partial charge in [-0.3, -0.25) is 4.52 Å². The Balaban J connectivity index is 1.78. The minimum Gasteiger partial charge on any atom is -0.432 e. The summed E-state index contributed by atoms with van der Waals surface area (Å²) in [5, 5.41) is 25.1. The zero-order valence-corrected chi connectivity index (χ0v) is 24.6. The van der Waals surface area contributed by atoms with Crippen LogP contribution in [-0.4, -0.2) is 82.3 Å². The topological polar surface area (TPSA) is 199 Å². The van der Waals surface area contributed by atoms with Crippen molar-refractivity contribution in [2.24, 2.45) is 0 Å². The van der Waals surface area contributed by atoms with Crippen molar-refractivity contribution in [3.63, 3.8) is 0 Å². The van der Waals surface area contributed by atoms with Crippen LogP contribution >= 0.6 is 7.82 Å². The molecule has 1 N–H and O–H groups in total. The van der Waals surface area contributed by atoms with Crippen molar-refractivity contribution < 1.29 is 60.9 Å². The molecule has 4 atom stereocenters. The number of nitriles is 1. The molecule has 3 rings (SSSR count). The van der Waals surface area contributed by atoms with Crippen LogP contribution in [0.5, 0.6) is 0 Å². The van der Waals surface area contributed by atoms with E-state index in [4.69, 9.17) is 27.8 Å². The fraction of sp³-hybridized carbons (Fsp3) is 0.625. The highest BCUT2D eigenvalue weighted by atomic mass is 31.2. The highest BCUT2D eigenvalue weighted by molar-refractivity contribution is 7.48. The molecule has 18 heteroatoms. The quantitative estimate of drug-likeness (QED) is 0.206. The number of nitrogens with zero attached hydrogens (tertiary/aromatic N) is 4. The molecule has 0 amide bonds. The number of hydrogen-bond acceptors (Lipinski definition) is 15. The molecule has 1 saturated heterocycles. The van der Waals surface area contributed by atoms with Gasteiger partial charge in [-0.05, 0) is 53.7 Å². The van der Waals surface area contributed by atoms with Gasteiger partial charge in [0, 0.05) is 0 Å². The second kappa shape index (κ2) is 13.3. The lowest BCUT2D eigenvalue weighted by molar-refractivity contribution is -0.0791. The molecule has 16 nitrogen and oxygen atoms in total. The van der Waals surface area contributed by atoms with Gasteiger partial charge < -0.3 is 28.8 Å². The largest absolute Gasteiger partial charge is 0.510 e. The molecular formula is C24H32FN4O12P. The zero-order valence-electron chi connectivity index (χ0n) is 23.7. The van der Waals surface area contributed by atoms with E-state index in [9.17, 15) is 24.5 Å². The average Bonchev–Trinajstić information content (AvgIpc) is 3.41. The summed E-state index contributed by atoms with van der Waals surface area (Å²) in [5.74, 6) is 0. The smallest absolute Gasteiger partial charge is 0.432 e. The van der Waals surface area contributed by atoms with Crippen LogP contribution in [0.3, 0.4) is 0 Å². The molecule has 0 spiro atoms. The van der Waals surface area contributed by atoms with Gasteiger partial charge in [-0.2, -0.15) is 10.4 Å². The number of halogens is 1. The number of phosphoric ester groups is 1. The van der Waals surface area contributed by atoms with Crippen LogP contribution in [-0.2, 0) is 47.4 Å². The van der Waals surface area contributed by atoms with E-state index >= 15 is 4.39 Å². The number of alkyl halides is 1. The van der Waals surface area contributed by atoms with Crippen LogP contribution in [0, 0.1) is 18.3 Å². The number of aliphatic hydroxyl groups is 1. The van der Waals surface area contributed by atoms with E-state index in [1.807, 2.05) is 0 Å². The van der Waals surface area contributed by atoms with E-state index in [0.717, 1.165) is 6.92 Å². The number of fused-ring (bicyclic) bond motifs is 1. The molecule has 0 aliphatic carbocycles. The van der Waals surface area contributed by atoms with Crippen LogP contribution in [0.25, 0.3) is 5.52 Å². The minimum absolute atomic E-state index is 0.0399. The molecule has 232 valence electrons. The van der Waals surface area contributed by atoms with Crippen molar-refractivity contribution in [1.82, 2.24) is 14.6 Å². The minimum atomic E-state index is -4.76. The first-order chi connectivity index (χ1) is 19.7. The Morgan fingerprint density at radius 1 is 1.14 bits per heavy atom. The first-order valence-corrected chi connectivity index (χ1v) is 14.1. The number of carbonyl (C=O) groups is 2. The van der Waals surface area contributed by atoms with E-state index in [1.165, 1.54) is 16.9 Å². The molecule has 0 unspecified atom stereocenters. The van der Waals surface area contributed by atoms with Gasteiger partial charge in [-0.15, -0.1) is 0 Å². The maximum Gasteiger partial charge on any atom is 0.510 e. The predicted molar refractivity (Wildman–Crippen MR) is 136 cm³/mol. The monoisotopic (exact) mass is 618 g/mol. The Bertz CT molecular complexity index is 1330. The van der Waals surface area contributed by atoms with Gasteiger partial charge in [0.15, 0.2) is 5.67 Å². The summed E-state index contributed by atoms with van der Waals surface area (Å²) in [6.45, 7) is 6.04. The fourth-order valence-corrected chi connectivity index (χ4v) is 4.84. The van der Waals surface area contributed by atoms with E-state index in [0.29, 0.717) is 11.2 Å². The van der Waals surface area contributed by atoms with E-state index < -0.39 is 76.0 Å². The summed E-state index contributed by atoms with van der Waals surface area (Å²) in [4.78, 5) is 27.3. The van der Waals surface area contributed by atoms with Crippen LogP contribution in [0.4, 0.5) is 14.0 Å². The highest BCUT2D eigenvalue weighted by Crippen LogP contribution is 2.53. The average molecular weight is 619 g/mol. The van der Waals surface area contributed by atoms with E-state index in [-0.39, 0.29) is 5.69 Å². The van der Waals surface area contributed by atoms with Crippen LogP contribution in [0.1, 0.15) is 46.0 Å². The summed E-state index contributed by atoms with van der Waals surface area (Å²) >= 11 is 0. The molecule has 1 aliphatic rings. The van der Waals surface area contributed by atoms with Gasteiger partial charge in [0.2, 0.25) is 19.2 Å². The summed E-state index contributed by atoms with van der Waals surface area (Å²) in [5.41, 5.74) is -4.16. The number of rotatable bonds is 12. The first kappa shape index (κ1) is 33.1. The Labute approximate surface area is 240 Å². The summed E-state index contributed by atoms with van der Waals surface area (Å²) in [7, 11) is -4.76. The van der Waals surface area contributed by atoms with Gasteiger partial charge in [-0.1, -0.05) is 0 Å². The van der Waals surface area contributed by atoms with Crippen molar-refractivity contribution in [1.29, 1.82) is 5.26 Å². The Hall–Kier alpha value is -3.39. The Kier molecular flexibility index (Phi) is 10.5. The number of hydrogen-bond donors (Lipinski definition) is 1. The lowest BCUT2D eigenvalue weighted by Gasteiger charge is -2.30. The number of ether oxygens (including phenoxy) is 5. The molecular weight excluding hydrogens is 586 g/mol. The SMILES string of the molecule is Cc1ncnn2c([C@]3(C#N)O[C@H](COP(=O)(OCOC(=O)OC(C)C)OCOC(=O)OC(C)C)[C@@H](O)[C@@]3(C)F)ccc12. The molecule has 2 aromatic heterocycles. The van der Waals surface area contributed by atoms with Gasteiger partial charge in [0.05, 0.1) is 35.7 Å². The third-order valence-corrected chi connectivity index (χ3v) is 7.23. The van der Waals surface area contributed by atoms with Crippen molar-refractivity contribution in [2.75, 3.05) is 20.2 Å². The van der Waals surface area contributed by atoms with Gasteiger partial charge in [0.1, 0.15) is 24.6 Å². The number of aryl methyl sites for hydroxylation is 1. The Morgan fingerprint density at radius 2 is 1.71 bits per heavy atom. The molecule has 3 heterocycles. The maximum absolute atomic E-state index is 16.2. The third kappa shape index (κ3) is 7.14. The van der Waals surface area contributed by atoms with Crippen LogP contribution in [0.15, 0.2) is 18.5 Å². The van der Waals surface area contributed by atoms with E-state index in [1.54, 1.807) is 46.8 Å².